The fraction of sp³-hybridized carbons (Fsp3) is 0.269. The molecule has 186 valence electrons. The van der Waals surface area contributed by atoms with E-state index in [1.165, 1.54) is 32.3 Å². The summed E-state index contributed by atoms with van der Waals surface area (Å²) in [7, 11) is -0.733. The molecule has 0 radical (unpaired) electrons. The Morgan fingerprint density at radius 3 is 2.69 bits per heavy atom. The molecule has 1 amide bonds. The van der Waals surface area contributed by atoms with E-state index in [0.29, 0.717) is 30.0 Å². The minimum atomic E-state index is -3.67. The van der Waals surface area contributed by atoms with Crippen molar-refractivity contribution in [1.82, 2.24) is 19.4 Å². The minimum Gasteiger partial charge on any atom is -0.376 e. The Morgan fingerprint density at radius 2 is 2.03 bits per heavy atom. The number of hydrogen-bond donors (Lipinski definition) is 1. The summed E-state index contributed by atoms with van der Waals surface area (Å²) in [6, 6.07) is 17.8. The molecule has 0 bridgehead atoms. The van der Waals surface area contributed by atoms with Gasteiger partial charge in [0.1, 0.15) is 17.3 Å². The maximum atomic E-state index is 12.8. The number of carbonyl (C=O) groups is 1. The molecule has 0 spiro atoms. The van der Waals surface area contributed by atoms with Crippen LogP contribution in [0.25, 0.3) is 23.0 Å². The number of amides is 1. The van der Waals surface area contributed by atoms with Crippen LogP contribution in [0, 0.1) is 11.3 Å². The Hall–Kier alpha value is -3.78. The topological polar surface area (TPSA) is 117 Å². The van der Waals surface area contributed by atoms with E-state index >= 15 is 0 Å². The number of nitriles is 1. The molecule has 2 heterocycles. The molecule has 3 aromatic rings. The van der Waals surface area contributed by atoms with Crippen molar-refractivity contribution in [1.29, 1.82) is 5.26 Å². The number of para-hydroxylation sites is 1. The number of benzene rings is 2. The molecule has 9 nitrogen and oxygen atoms in total. The lowest BCUT2D eigenvalue weighted by Gasteiger charge is -2.12. The Morgan fingerprint density at radius 1 is 1.25 bits per heavy atom. The highest BCUT2D eigenvalue weighted by Crippen LogP contribution is 2.28. The van der Waals surface area contributed by atoms with E-state index in [9.17, 15) is 18.5 Å². The quantitative estimate of drug-likeness (QED) is 0.372. The Bertz CT molecular complexity index is 1420. The van der Waals surface area contributed by atoms with E-state index in [4.69, 9.17) is 4.74 Å². The Labute approximate surface area is 210 Å². The average molecular weight is 506 g/mol. The van der Waals surface area contributed by atoms with Crippen molar-refractivity contribution in [3.8, 4) is 23.0 Å². The van der Waals surface area contributed by atoms with E-state index in [-0.39, 0.29) is 16.6 Å². The van der Waals surface area contributed by atoms with Crippen LogP contribution in [0.15, 0.2) is 71.3 Å². The summed E-state index contributed by atoms with van der Waals surface area (Å²) in [4.78, 5) is 12.9. The van der Waals surface area contributed by atoms with E-state index in [1.807, 2.05) is 36.4 Å². The summed E-state index contributed by atoms with van der Waals surface area (Å²) in [6.07, 6.45) is 4.95. The van der Waals surface area contributed by atoms with Gasteiger partial charge >= 0.3 is 0 Å². The van der Waals surface area contributed by atoms with Crippen LogP contribution in [0.3, 0.4) is 0 Å². The number of sulfonamides is 1. The summed E-state index contributed by atoms with van der Waals surface area (Å²) in [5, 5.41) is 17.2. The fourth-order valence-corrected chi connectivity index (χ4v) is 4.80. The zero-order valence-corrected chi connectivity index (χ0v) is 20.9. The monoisotopic (exact) mass is 505 g/mol. The van der Waals surface area contributed by atoms with Gasteiger partial charge in [0, 0.05) is 44.6 Å². The SMILES string of the molecule is CN(C)S(=O)(=O)c1cccc(-c2nn(-c3ccccc3)cc2C=C(C#N)C(=O)NCC2CCCO2)c1. The predicted octanol–water partition coefficient (Wildman–Crippen LogP) is 2.99. The molecule has 0 saturated carbocycles. The summed E-state index contributed by atoms with van der Waals surface area (Å²) < 4.78 is 33.7. The third-order valence-electron chi connectivity index (χ3n) is 5.83. The average Bonchev–Trinajstić information content (AvgIpc) is 3.56. The van der Waals surface area contributed by atoms with Gasteiger partial charge < -0.3 is 10.1 Å². The number of hydrogen-bond acceptors (Lipinski definition) is 6. The summed E-state index contributed by atoms with van der Waals surface area (Å²) in [6.45, 7) is 1.00. The van der Waals surface area contributed by atoms with Gasteiger partial charge in [-0.05, 0) is 43.2 Å². The first-order chi connectivity index (χ1) is 17.3. The summed E-state index contributed by atoms with van der Waals surface area (Å²) >= 11 is 0. The maximum absolute atomic E-state index is 12.8. The first-order valence-corrected chi connectivity index (χ1v) is 12.9. The van der Waals surface area contributed by atoms with Crippen LogP contribution in [-0.4, -0.2) is 61.8 Å². The summed E-state index contributed by atoms with van der Waals surface area (Å²) in [5.41, 5.74) is 2.17. The molecule has 1 atom stereocenters. The van der Waals surface area contributed by atoms with Crippen molar-refractivity contribution < 1.29 is 17.9 Å². The molecule has 4 rings (SSSR count). The fourth-order valence-electron chi connectivity index (χ4n) is 3.86. The normalized spacial score (nSPS) is 16.2. The van der Waals surface area contributed by atoms with Gasteiger partial charge in [0.15, 0.2) is 0 Å². The second-order valence-corrected chi connectivity index (χ2v) is 10.7. The number of carbonyl (C=O) groups excluding carboxylic acids is 1. The first kappa shape index (κ1) is 25.3. The van der Waals surface area contributed by atoms with Crippen LogP contribution < -0.4 is 5.32 Å². The van der Waals surface area contributed by atoms with E-state index < -0.39 is 15.9 Å². The van der Waals surface area contributed by atoms with Crippen molar-refractivity contribution in [3.63, 3.8) is 0 Å². The number of nitrogens with one attached hydrogen (secondary N) is 1. The Kier molecular flexibility index (Phi) is 7.64. The van der Waals surface area contributed by atoms with Gasteiger partial charge in [-0.15, -0.1) is 0 Å². The number of ether oxygens (including phenoxy) is 1. The molecule has 1 aromatic heterocycles. The lowest BCUT2D eigenvalue weighted by atomic mass is 10.1. The van der Waals surface area contributed by atoms with Crippen molar-refractivity contribution in [3.05, 3.63) is 71.9 Å². The van der Waals surface area contributed by atoms with E-state index in [2.05, 4.69) is 10.4 Å². The maximum Gasteiger partial charge on any atom is 0.262 e. The molecule has 1 aliphatic heterocycles. The van der Waals surface area contributed by atoms with E-state index in [0.717, 1.165) is 22.8 Å². The molecule has 36 heavy (non-hydrogen) atoms. The van der Waals surface area contributed by atoms with Crippen molar-refractivity contribution in [2.45, 2.75) is 23.8 Å². The zero-order valence-electron chi connectivity index (χ0n) is 20.1. The van der Waals surface area contributed by atoms with Gasteiger partial charge in [-0.3, -0.25) is 4.79 Å². The van der Waals surface area contributed by atoms with Crippen molar-refractivity contribution in [2.24, 2.45) is 0 Å². The number of nitrogens with zero attached hydrogens (tertiary/aromatic N) is 4. The third-order valence-corrected chi connectivity index (χ3v) is 7.64. The number of rotatable bonds is 8. The first-order valence-electron chi connectivity index (χ1n) is 11.5. The van der Waals surface area contributed by atoms with Gasteiger partial charge in [-0.1, -0.05) is 30.3 Å². The van der Waals surface area contributed by atoms with Gasteiger partial charge in [0.05, 0.1) is 16.7 Å². The molecule has 1 N–H and O–H groups in total. The van der Waals surface area contributed by atoms with Gasteiger partial charge in [-0.2, -0.15) is 10.4 Å². The molecule has 1 saturated heterocycles. The van der Waals surface area contributed by atoms with Gasteiger partial charge in [0.25, 0.3) is 5.91 Å². The lowest BCUT2D eigenvalue weighted by Crippen LogP contribution is -2.32. The molecule has 1 fully saturated rings. The van der Waals surface area contributed by atoms with Crippen LogP contribution in [0.2, 0.25) is 0 Å². The predicted molar refractivity (Wildman–Crippen MR) is 135 cm³/mol. The standard InChI is InChI=1S/C26H27N5O4S/c1-30(2)36(33,34)24-12-6-8-19(15-24)25-21(18-31(29-25)22-9-4-3-5-10-22)14-20(16-27)26(32)28-17-23-11-7-13-35-23/h3-6,8-10,12,14-15,18,23H,7,11,13,17H2,1-2H3,(H,28,32). The number of aromatic nitrogens is 2. The smallest absolute Gasteiger partial charge is 0.262 e. The largest absolute Gasteiger partial charge is 0.376 e. The lowest BCUT2D eigenvalue weighted by molar-refractivity contribution is -0.117. The second kappa shape index (κ2) is 10.9. The molecular weight excluding hydrogens is 478 g/mol. The Balaban J connectivity index is 1.75. The third kappa shape index (κ3) is 5.54. The van der Waals surface area contributed by atoms with Crippen LogP contribution in [0.5, 0.6) is 0 Å². The van der Waals surface area contributed by atoms with E-state index in [1.54, 1.807) is 23.0 Å². The van der Waals surface area contributed by atoms with Crippen LogP contribution in [0.4, 0.5) is 0 Å². The highest BCUT2D eigenvalue weighted by molar-refractivity contribution is 7.89. The summed E-state index contributed by atoms with van der Waals surface area (Å²) in [5.74, 6) is -0.504. The molecule has 10 heteroatoms. The highest BCUT2D eigenvalue weighted by Gasteiger charge is 2.21. The zero-order chi connectivity index (χ0) is 25.7. The molecule has 1 unspecified atom stereocenters. The van der Waals surface area contributed by atoms with Crippen LogP contribution in [-0.2, 0) is 19.6 Å². The highest BCUT2D eigenvalue weighted by atomic mass is 32.2. The van der Waals surface area contributed by atoms with Crippen molar-refractivity contribution in [2.75, 3.05) is 27.2 Å². The second-order valence-electron chi connectivity index (χ2n) is 8.54. The minimum absolute atomic E-state index is 0.0494. The van der Waals surface area contributed by atoms with Crippen LogP contribution >= 0.6 is 0 Å². The van der Waals surface area contributed by atoms with Gasteiger partial charge in [0.2, 0.25) is 10.0 Å². The molecule has 0 aliphatic carbocycles. The van der Waals surface area contributed by atoms with Crippen LogP contribution in [0.1, 0.15) is 18.4 Å². The molecular formula is C26H27N5O4S. The van der Waals surface area contributed by atoms with Crippen molar-refractivity contribution >= 4 is 22.0 Å². The molecule has 1 aliphatic rings. The molecule has 2 aromatic carbocycles. The van der Waals surface area contributed by atoms with Gasteiger partial charge in [-0.25, -0.2) is 17.4 Å².